The van der Waals surface area contributed by atoms with Crippen molar-refractivity contribution in [1.29, 1.82) is 0 Å². The molecule has 0 bridgehead atoms. The predicted octanol–water partition coefficient (Wildman–Crippen LogP) is 4.81. The van der Waals surface area contributed by atoms with Crippen LogP contribution in [0.5, 0.6) is 0 Å². The average Bonchev–Trinajstić information content (AvgIpc) is 2.44. The second kappa shape index (κ2) is 9.13. The topological polar surface area (TPSA) is 26.3 Å². The van der Waals surface area contributed by atoms with E-state index in [-0.39, 0.29) is 10.8 Å². The Morgan fingerprint density at radius 2 is 1.84 bits per heavy atom. The summed E-state index contributed by atoms with van der Waals surface area (Å²) in [5.41, 5.74) is 2.29. The summed E-state index contributed by atoms with van der Waals surface area (Å²) in [7, 11) is 0. The third kappa shape index (κ3) is 5.77. The first kappa shape index (κ1) is 16.2. The van der Waals surface area contributed by atoms with Crippen LogP contribution in [0, 0.1) is 0 Å². The Morgan fingerprint density at radius 3 is 2.42 bits per heavy atom. The second-order valence-corrected chi connectivity index (χ2v) is 5.58. The SMILES string of the molecule is CCCCCCc1ccc([C@@H](Br)C(=O)OCC)cc1. The average molecular weight is 327 g/mol. The maximum atomic E-state index is 11.6. The van der Waals surface area contributed by atoms with Crippen molar-refractivity contribution in [3.05, 3.63) is 35.4 Å². The molecule has 0 aliphatic carbocycles. The van der Waals surface area contributed by atoms with Gasteiger partial charge in [-0.2, -0.15) is 0 Å². The van der Waals surface area contributed by atoms with Crippen LogP contribution in [0.2, 0.25) is 0 Å². The summed E-state index contributed by atoms with van der Waals surface area (Å²) in [6, 6.07) is 8.22. The Morgan fingerprint density at radius 1 is 1.16 bits per heavy atom. The fraction of sp³-hybridized carbons (Fsp3) is 0.562. The molecular formula is C16H23BrO2. The van der Waals surface area contributed by atoms with Crippen molar-refractivity contribution < 1.29 is 9.53 Å². The molecule has 1 rings (SSSR count). The van der Waals surface area contributed by atoms with Crippen molar-refractivity contribution in [1.82, 2.24) is 0 Å². The first-order chi connectivity index (χ1) is 9.19. The second-order valence-electron chi connectivity index (χ2n) is 4.67. The number of halogens is 1. The van der Waals surface area contributed by atoms with Gasteiger partial charge in [0.15, 0.2) is 0 Å². The lowest BCUT2D eigenvalue weighted by Gasteiger charge is -2.10. The molecule has 0 spiro atoms. The molecule has 0 saturated heterocycles. The van der Waals surface area contributed by atoms with Crippen LogP contribution in [0.1, 0.15) is 55.5 Å². The van der Waals surface area contributed by atoms with E-state index in [1.807, 2.05) is 19.1 Å². The van der Waals surface area contributed by atoms with Crippen molar-refractivity contribution in [2.75, 3.05) is 6.61 Å². The Labute approximate surface area is 124 Å². The Bertz CT molecular complexity index is 373. The minimum Gasteiger partial charge on any atom is -0.465 e. The van der Waals surface area contributed by atoms with Crippen molar-refractivity contribution in [3.8, 4) is 0 Å². The highest BCUT2D eigenvalue weighted by molar-refractivity contribution is 9.09. The number of aryl methyl sites for hydroxylation is 1. The molecule has 2 nitrogen and oxygen atoms in total. The number of carbonyl (C=O) groups excluding carboxylic acids is 1. The Kier molecular flexibility index (Phi) is 7.80. The maximum absolute atomic E-state index is 11.6. The molecule has 3 heteroatoms. The lowest BCUT2D eigenvalue weighted by Crippen LogP contribution is -2.10. The number of alkyl halides is 1. The monoisotopic (exact) mass is 326 g/mol. The molecule has 106 valence electrons. The van der Waals surface area contributed by atoms with E-state index in [2.05, 4.69) is 35.0 Å². The van der Waals surface area contributed by atoms with Gasteiger partial charge >= 0.3 is 5.97 Å². The first-order valence-electron chi connectivity index (χ1n) is 7.08. The molecule has 19 heavy (non-hydrogen) atoms. The number of benzene rings is 1. The number of rotatable bonds is 8. The van der Waals surface area contributed by atoms with Crippen LogP contribution in [0.15, 0.2) is 24.3 Å². The van der Waals surface area contributed by atoms with Gasteiger partial charge in [-0.1, -0.05) is 66.4 Å². The molecule has 0 amide bonds. The standard InChI is InChI=1S/C16H23BrO2/c1-3-5-6-7-8-13-9-11-14(12-10-13)15(17)16(18)19-4-2/h9-12,15H,3-8H2,1-2H3/t15-/m1/s1. The van der Waals surface area contributed by atoms with Crippen molar-refractivity contribution in [2.24, 2.45) is 0 Å². The van der Waals surface area contributed by atoms with Crippen LogP contribution in [-0.4, -0.2) is 12.6 Å². The molecule has 0 N–H and O–H groups in total. The van der Waals surface area contributed by atoms with Crippen LogP contribution in [0.3, 0.4) is 0 Å². The van der Waals surface area contributed by atoms with Crippen LogP contribution in [0.25, 0.3) is 0 Å². The number of hydrogen-bond acceptors (Lipinski definition) is 2. The lowest BCUT2D eigenvalue weighted by atomic mass is 10.0. The summed E-state index contributed by atoms with van der Waals surface area (Å²) in [5.74, 6) is -0.224. The summed E-state index contributed by atoms with van der Waals surface area (Å²) in [5, 5.41) is 0. The largest absolute Gasteiger partial charge is 0.465 e. The highest BCUT2D eigenvalue weighted by atomic mass is 79.9. The summed E-state index contributed by atoms with van der Waals surface area (Å²) in [4.78, 5) is 11.2. The van der Waals surface area contributed by atoms with E-state index >= 15 is 0 Å². The normalized spacial score (nSPS) is 12.2. The zero-order valence-electron chi connectivity index (χ0n) is 11.8. The Balaban J connectivity index is 2.48. The van der Waals surface area contributed by atoms with Crippen LogP contribution in [-0.2, 0) is 16.0 Å². The number of esters is 1. The molecule has 0 radical (unpaired) electrons. The maximum Gasteiger partial charge on any atom is 0.324 e. The van der Waals surface area contributed by atoms with Crippen LogP contribution in [0.4, 0.5) is 0 Å². The van der Waals surface area contributed by atoms with Gasteiger partial charge in [0, 0.05) is 0 Å². The Hall–Kier alpha value is -0.830. The minimum absolute atomic E-state index is 0.224. The molecule has 0 aromatic heterocycles. The molecule has 0 fully saturated rings. The molecule has 1 aromatic carbocycles. The molecular weight excluding hydrogens is 304 g/mol. The predicted molar refractivity (Wildman–Crippen MR) is 82.6 cm³/mol. The summed E-state index contributed by atoms with van der Waals surface area (Å²) < 4.78 is 4.99. The third-order valence-corrected chi connectivity index (χ3v) is 3.99. The number of ether oxygens (including phenoxy) is 1. The van der Waals surface area contributed by atoms with Gasteiger partial charge in [-0.15, -0.1) is 0 Å². The van der Waals surface area contributed by atoms with E-state index in [1.165, 1.54) is 31.2 Å². The van der Waals surface area contributed by atoms with Gasteiger partial charge in [0.05, 0.1) is 6.61 Å². The van der Waals surface area contributed by atoms with Gasteiger partial charge in [-0.05, 0) is 30.9 Å². The van der Waals surface area contributed by atoms with Gasteiger partial charge in [0.1, 0.15) is 4.83 Å². The first-order valence-corrected chi connectivity index (χ1v) is 8.00. The van der Waals surface area contributed by atoms with Crippen LogP contribution < -0.4 is 0 Å². The lowest BCUT2D eigenvalue weighted by molar-refractivity contribution is -0.142. The quantitative estimate of drug-likeness (QED) is 0.389. The number of carbonyl (C=O) groups is 1. The molecule has 0 unspecified atom stereocenters. The number of hydrogen-bond donors (Lipinski definition) is 0. The van der Waals surface area contributed by atoms with E-state index in [1.54, 1.807) is 0 Å². The summed E-state index contributed by atoms with van der Waals surface area (Å²) in [6.45, 7) is 4.45. The van der Waals surface area contributed by atoms with Gasteiger partial charge in [0.25, 0.3) is 0 Å². The fourth-order valence-corrected chi connectivity index (χ4v) is 2.40. The van der Waals surface area contributed by atoms with E-state index < -0.39 is 0 Å². The van der Waals surface area contributed by atoms with E-state index in [0.717, 1.165) is 12.0 Å². The third-order valence-electron chi connectivity index (χ3n) is 3.08. The molecule has 1 atom stereocenters. The molecule has 0 aliphatic heterocycles. The van der Waals surface area contributed by atoms with E-state index in [0.29, 0.717) is 6.61 Å². The smallest absolute Gasteiger partial charge is 0.324 e. The van der Waals surface area contributed by atoms with Gasteiger partial charge in [-0.25, -0.2) is 0 Å². The zero-order chi connectivity index (χ0) is 14.1. The van der Waals surface area contributed by atoms with Crippen LogP contribution >= 0.6 is 15.9 Å². The molecule has 0 saturated carbocycles. The highest BCUT2D eigenvalue weighted by Crippen LogP contribution is 2.24. The van der Waals surface area contributed by atoms with E-state index in [9.17, 15) is 4.79 Å². The van der Waals surface area contributed by atoms with E-state index in [4.69, 9.17) is 4.74 Å². The minimum atomic E-state index is -0.360. The van der Waals surface area contributed by atoms with Crippen molar-refractivity contribution in [2.45, 2.75) is 50.8 Å². The zero-order valence-corrected chi connectivity index (χ0v) is 13.4. The van der Waals surface area contributed by atoms with Gasteiger partial charge < -0.3 is 4.74 Å². The van der Waals surface area contributed by atoms with Gasteiger partial charge in [0.2, 0.25) is 0 Å². The summed E-state index contributed by atoms with van der Waals surface area (Å²) in [6.07, 6.45) is 6.23. The molecule has 0 heterocycles. The highest BCUT2D eigenvalue weighted by Gasteiger charge is 2.17. The molecule has 1 aromatic rings. The number of unbranched alkanes of at least 4 members (excludes halogenated alkanes) is 3. The molecule has 0 aliphatic rings. The van der Waals surface area contributed by atoms with Crippen molar-refractivity contribution in [3.63, 3.8) is 0 Å². The summed E-state index contributed by atoms with van der Waals surface area (Å²) >= 11 is 3.38. The van der Waals surface area contributed by atoms with Crippen molar-refractivity contribution >= 4 is 21.9 Å². The fourth-order valence-electron chi connectivity index (χ4n) is 1.96. The van der Waals surface area contributed by atoms with Gasteiger partial charge in [-0.3, -0.25) is 4.79 Å².